The Morgan fingerprint density at radius 3 is 2.68 bits per heavy atom. The fraction of sp³-hybridized carbons (Fsp3) is 0.833. The molecule has 1 aromatic rings. The van der Waals surface area contributed by atoms with Crippen molar-refractivity contribution in [3.05, 3.63) is 10.6 Å². The molecule has 2 rings (SSSR count). The van der Waals surface area contributed by atoms with Crippen molar-refractivity contribution in [3.8, 4) is 0 Å². The smallest absolute Gasteiger partial charge is 0.150 e. The third-order valence-electron chi connectivity index (χ3n) is 4.02. The molecule has 5 nitrogen and oxygen atoms in total. The molecule has 1 aromatic heterocycles. The first-order chi connectivity index (χ1) is 8.93. The topological polar surface area (TPSA) is 72.0 Å². The standard InChI is InChI=1S/C12H21N3O2S2/c1-8-12(18-15-14-8)11(13-2)9-5-4-6-10(7-9)19(3,16)17/h9-11,13H,4-7H2,1-3H3. The average molecular weight is 303 g/mol. The maximum atomic E-state index is 11.8. The van der Waals surface area contributed by atoms with Gasteiger partial charge in [0.15, 0.2) is 0 Å². The van der Waals surface area contributed by atoms with E-state index in [2.05, 4.69) is 14.9 Å². The Bertz CT molecular complexity index is 527. The molecule has 1 aliphatic carbocycles. The minimum absolute atomic E-state index is 0.171. The number of nitrogens with one attached hydrogen (secondary N) is 1. The molecule has 19 heavy (non-hydrogen) atoms. The summed E-state index contributed by atoms with van der Waals surface area (Å²) in [5.41, 5.74) is 0.950. The lowest BCUT2D eigenvalue weighted by atomic mass is 9.82. The summed E-state index contributed by atoms with van der Waals surface area (Å²) in [5, 5.41) is 7.19. The molecule has 0 aromatic carbocycles. The van der Waals surface area contributed by atoms with Gasteiger partial charge in [-0.3, -0.25) is 0 Å². The maximum absolute atomic E-state index is 11.8. The summed E-state index contributed by atoms with van der Waals surface area (Å²) in [6.45, 7) is 1.96. The molecular formula is C12H21N3O2S2. The monoisotopic (exact) mass is 303 g/mol. The molecule has 0 saturated heterocycles. The quantitative estimate of drug-likeness (QED) is 0.917. The Morgan fingerprint density at radius 1 is 1.42 bits per heavy atom. The number of nitrogens with zero attached hydrogens (tertiary/aromatic N) is 2. The third-order valence-corrected chi connectivity index (χ3v) is 6.57. The van der Waals surface area contributed by atoms with Crippen LogP contribution in [-0.4, -0.2) is 36.6 Å². The van der Waals surface area contributed by atoms with Crippen molar-refractivity contribution >= 4 is 21.4 Å². The average Bonchev–Trinajstić information content (AvgIpc) is 2.76. The molecule has 1 fully saturated rings. The number of sulfone groups is 1. The summed E-state index contributed by atoms with van der Waals surface area (Å²) in [6, 6.07) is 0.171. The van der Waals surface area contributed by atoms with Crippen molar-refractivity contribution in [1.29, 1.82) is 0 Å². The first-order valence-corrected chi connectivity index (χ1v) is 9.31. The van der Waals surface area contributed by atoms with Crippen LogP contribution in [0.1, 0.15) is 42.3 Å². The summed E-state index contributed by atoms with van der Waals surface area (Å²) >= 11 is 1.41. The molecule has 3 unspecified atom stereocenters. The fourth-order valence-electron chi connectivity index (χ4n) is 2.98. The van der Waals surface area contributed by atoms with Gasteiger partial charge in [-0.1, -0.05) is 10.9 Å². The van der Waals surface area contributed by atoms with Crippen LogP contribution in [0.25, 0.3) is 0 Å². The van der Waals surface area contributed by atoms with Crippen LogP contribution in [0, 0.1) is 12.8 Å². The predicted molar refractivity (Wildman–Crippen MR) is 77.0 cm³/mol. The van der Waals surface area contributed by atoms with E-state index in [1.165, 1.54) is 17.8 Å². The van der Waals surface area contributed by atoms with Crippen molar-refractivity contribution in [3.63, 3.8) is 0 Å². The number of rotatable bonds is 4. The minimum Gasteiger partial charge on any atom is -0.312 e. The van der Waals surface area contributed by atoms with Gasteiger partial charge >= 0.3 is 0 Å². The zero-order valence-electron chi connectivity index (χ0n) is 11.6. The lowest BCUT2D eigenvalue weighted by Gasteiger charge is -2.33. The predicted octanol–water partition coefficient (Wildman–Crippen LogP) is 1.71. The highest BCUT2D eigenvalue weighted by Crippen LogP contribution is 2.38. The molecule has 7 heteroatoms. The third kappa shape index (κ3) is 3.32. The molecule has 1 N–H and O–H groups in total. The van der Waals surface area contributed by atoms with Gasteiger partial charge in [-0.2, -0.15) is 0 Å². The number of aryl methyl sites for hydroxylation is 1. The maximum Gasteiger partial charge on any atom is 0.150 e. The second kappa shape index (κ2) is 5.85. The molecule has 0 bridgehead atoms. The van der Waals surface area contributed by atoms with Gasteiger partial charge < -0.3 is 5.32 Å². The van der Waals surface area contributed by atoms with E-state index in [0.717, 1.165) is 36.3 Å². The number of hydrogen-bond acceptors (Lipinski definition) is 6. The number of aromatic nitrogens is 2. The Morgan fingerprint density at radius 2 is 2.16 bits per heavy atom. The molecule has 0 aliphatic heterocycles. The Hall–Kier alpha value is -0.530. The van der Waals surface area contributed by atoms with E-state index in [-0.39, 0.29) is 11.3 Å². The van der Waals surface area contributed by atoms with Crippen LogP contribution in [-0.2, 0) is 9.84 Å². The molecule has 108 valence electrons. The molecule has 1 aliphatic rings. The van der Waals surface area contributed by atoms with Crippen molar-refractivity contribution < 1.29 is 8.42 Å². The highest BCUT2D eigenvalue weighted by molar-refractivity contribution is 7.91. The zero-order chi connectivity index (χ0) is 14.0. The van der Waals surface area contributed by atoms with Crippen LogP contribution in [0.2, 0.25) is 0 Å². The second-order valence-corrected chi connectivity index (χ2v) is 8.48. The highest BCUT2D eigenvalue weighted by Gasteiger charge is 2.34. The summed E-state index contributed by atoms with van der Waals surface area (Å²) in [6.07, 6.45) is 4.93. The largest absolute Gasteiger partial charge is 0.312 e. The van der Waals surface area contributed by atoms with Crippen molar-refractivity contribution in [1.82, 2.24) is 14.9 Å². The lowest BCUT2D eigenvalue weighted by Crippen LogP contribution is -2.34. The van der Waals surface area contributed by atoms with Gasteiger partial charge in [0.2, 0.25) is 0 Å². The van der Waals surface area contributed by atoms with E-state index >= 15 is 0 Å². The summed E-state index contributed by atoms with van der Waals surface area (Å²) in [7, 11) is -1.01. The van der Waals surface area contributed by atoms with E-state index in [4.69, 9.17) is 0 Å². The zero-order valence-corrected chi connectivity index (χ0v) is 13.2. The van der Waals surface area contributed by atoms with E-state index in [1.807, 2.05) is 14.0 Å². The lowest BCUT2D eigenvalue weighted by molar-refractivity contribution is 0.284. The van der Waals surface area contributed by atoms with Crippen LogP contribution in [0.3, 0.4) is 0 Å². The first-order valence-electron chi connectivity index (χ1n) is 6.58. The SMILES string of the molecule is CNC(c1snnc1C)C1CCCC(S(C)(=O)=O)C1. The highest BCUT2D eigenvalue weighted by atomic mass is 32.2. The van der Waals surface area contributed by atoms with Gasteiger partial charge in [0.05, 0.1) is 15.8 Å². The van der Waals surface area contributed by atoms with Gasteiger partial charge in [-0.15, -0.1) is 5.10 Å². The second-order valence-electron chi connectivity index (χ2n) is 5.37. The Kier molecular flexibility index (Phi) is 4.58. The number of hydrogen-bond donors (Lipinski definition) is 1. The Balaban J connectivity index is 2.18. The van der Waals surface area contributed by atoms with Gasteiger partial charge in [0.1, 0.15) is 9.84 Å². The summed E-state index contributed by atoms with van der Waals surface area (Å²) < 4.78 is 27.5. The van der Waals surface area contributed by atoms with Crippen LogP contribution in [0.15, 0.2) is 0 Å². The summed E-state index contributed by atoms with van der Waals surface area (Å²) in [4.78, 5) is 1.14. The Labute approximate surface area is 118 Å². The van der Waals surface area contributed by atoms with Crippen molar-refractivity contribution in [2.75, 3.05) is 13.3 Å². The van der Waals surface area contributed by atoms with E-state index in [9.17, 15) is 8.42 Å². The van der Waals surface area contributed by atoms with Crippen LogP contribution < -0.4 is 5.32 Å². The van der Waals surface area contributed by atoms with Gasteiger partial charge in [-0.05, 0) is 50.7 Å². The van der Waals surface area contributed by atoms with Crippen molar-refractivity contribution in [2.45, 2.75) is 43.9 Å². The van der Waals surface area contributed by atoms with Crippen molar-refractivity contribution in [2.24, 2.45) is 5.92 Å². The molecule has 0 radical (unpaired) electrons. The molecule has 3 atom stereocenters. The molecular weight excluding hydrogens is 282 g/mol. The molecule has 1 heterocycles. The normalized spacial score (nSPS) is 26.3. The van der Waals surface area contributed by atoms with E-state index in [0.29, 0.717) is 5.92 Å². The summed E-state index contributed by atoms with van der Waals surface area (Å²) in [5.74, 6) is 0.347. The van der Waals surface area contributed by atoms with Gasteiger partial charge in [0.25, 0.3) is 0 Å². The minimum atomic E-state index is -2.94. The van der Waals surface area contributed by atoms with E-state index < -0.39 is 9.84 Å². The molecule has 0 spiro atoms. The first kappa shape index (κ1) is 14.9. The van der Waals surface area contributed by atoms with Gasteiger partial charge in [0, 0.05) is 12.3 Å². The van der Waals surface area contributed by atoms with Crippen LogP contribution in [0.4, 0.5) is 0 Å². The van der Waals surface area contributed by atoms with Gasteiger partial charge in [-0.25, -0.2) is 8.42 Å². The molecule has 0 amide bonds. The van der Waals surface area contributed by atoms with E-state index in [1.54, 1.807) is 0 Å². The molecule has 1 saturated carbocycles. The fourth-order valence-corrected chi connectivity index (χ4v) is 5.02. The van der Waals surface area contributed by atoms with Crippen LogP contribution in [0.5, 0.6) is 0 Å². The van der Waals surface area contributed by atoms with Crippen LogP contribution >= 0.6 is 11.5 Å².